The second-order valence-corrected chi connectivity index (χ2v) is 3.18. The Labute approximate surface area is 87.1 Å². The van der Waals surface area contributed by atoms with Crippen LogP contribution in [0.3, 0.4) is 0 Å². The van der Waals surface area contributed by atoms with Gasteiger partial charge in [0.25, 0.3) is 0 Å². The molecule has 0 N–H and O–H groups in total. The van der Waals surface area contributed by atoms with E-state index in [4.69, 9.17) is 23.2 Å². The number of halogens is 2. The van der Waals surface area contributed by atoms with Crippen molar-refractivity contribution in [2.75, 3.05) is 0 Å². The Morgan fingerprint density at radius 2 is 1.92 bits per heavy atom. The first-order valence-electron chi connectivity index (χ1n) is 2.79. The molecule has 0 aromatic heterocycles. The molecule has 1 rings (SSSR count). The minimum atomic E-state index is -0.355. The monoisotopic (exact) mass is 222 g/mol. The van der Waals surface area contributed by atoms with E-state index < -0.39 is 0 Å². The predicted molar refractivity (Wildman–Crippen MR) is 56.5 cm³/mol. The SMILES string of the molecule is C.O=C(S)c1ccc(Cl)cc1Cl. The molecule has 1 aromatic carbocycles. The van der Waals surface area contributed by atoms with Crippen molar-refractivity contribution in [2.24, 2.45) is 0 Å². The van der Waals surface area contributed by atoms with Gasteiger partial charge in [-0.05, 0) is 18.2 Å². The maximum absolute atomic E-state index is 10.7. The van der Waals surface area contributed by atoms with Crippen molar-refractivity contribution in [1.82, 2.24) is 0 Å². The largest absolute Gasteiger partial charge is 0.282 e. The first-order valence-corrected chi connectivity index (χ1v) is 4.00. The molecule has 0 bridgehead atoms. The molecule has 0 amide bonds. The molecule has 0 saturated heterocycles. The fourth-order valence-corrected chi connectivity index (χ4v) is 1.42. The number of rotatable bonds is 1. The number of hydrogen-bond acceptors (Lipinski definition) is 1. The molecule has 0 fully saturated rings. The summed E-state index contributed by atoms with van der Waals surface area (Å²) in [5, 5.41) is 0.484. The van der Waals surface area contributed by atoms with Crippen LogP contribution in [0.4, 0.5) is 0 Å². The first kappa shape index (κ1) is 11.8. The van der Waals surface area contributed by atoms with Gasteiger partial charge in [0.1, 0.15) is 0 Å². The number of hydrogen-bond donors (Lipinski definition) is 1. The van der Waals surface area contributed by atoms with Gasteiger partial charge in [-0.2, -0.15) is 0 Å². The topological polar surface area (TPSA) is 17.1 Å². The van der Waals surface area contributed by atoms with Crippen molar-refractivity contribution >= 4 is 40.9 Å². The van der Waals surface area contributed by atoms with Gasteiger partial charge in [-0.1, -0.05) is 30.6 Å². The summed E-state index contributed by atoms with van der Waals surface area (Å²) < 4.78 is 0. The van der Waals surface area contributed by atoms with Gasteiger partial charge in [0, 0.05) is 10.6 Å². The molecule has 0 atom stereocenters. The summed E-state index contributed by atoms with van der Waals surface area (Å²) in [7, 11) is 0. The van der Waals surface area contributed by atoms with E-state index in [-0.39, 0.29) is 12.5 Å². The smallest absolute Gasteiger partial charge is 0.217 e. The summed E-state index contributed by atoms with van der Waals surface area (Å²) in [4.78, 5) is 10.7. The van der Waals surface area contributed by atoms with Gasteiger partial charge in [-0.25, -0.2) is 0 Å². The maximum Gasteiger partial charge on any atom is 0.217 e. The van der Waals surface area contributed by atoms with Crippen LogP contribution in [-0.2, 0) is 0 Å². The molecule has 0 spiro atoms. The van der Waals surface area contributed by atoms with Crippen LogP contribution < -0.4 is 0 Å². The first-order chi connectivity index (χ1) is 5.11. The normalized spacial score (nSPS) is 8.92. The third-order valence-corrected chi connectivity index (χ3v) is 1.95. The summed E-state index contributed by atoms with van der Waals surface area (Å²) in [6.07, 6.45) is 0. The molecule has 0 saturated carbocycles. The van der Waals surface area contributed by atoms with Crippen LogP contribution >= 0.6 is 35.8 Å². The molecule has 0 aliphatic heterocycles. The third-order valence-electron chi connectivity index (χ3n) is 1.16. The van der Waals surface area contributed by atoms with E-state index in [1.807, 2.05) is 0 Å². The van der Waals surface area contributed by atoms with Gasteiger partial charge in [0.2, 0.25) is 5.12 Å². The minimum Gasteiger partial charge on any atom is -0.282 e. The summed E-state index contributed by atoms with van der Waals surface area (Å²) >= 11 is 14.9. The molecule has 12 heavy (non-hydrogen) atoms. The lowest BCUT2D eigenvalue weighted by molar-refractivity contribution is 0.109. The van der Waals surface area contributed by atoms with Crippen LogP contribution in [0.2, 0.25) is 10.0 Å². The highest BCUT2D eigenvalue weighted by molar-refractivity contribution is 7.97. The number of thiol groups is 1. The molecular weight excluding hydrogens is 215 g/mol. The van der Waals surface area contributed by atoms with Gasteiger partial charge in [-0.3, -0.25) is 4.79 Å². The highest BCUT2D eigenvalue weighted by Gasteiger charge is 2.05. The highest BCUT2D eigenvalue weighted by Crippen LogP contribution is 2.21. The predicted octanol–water partition coefficient (Wildman–Crippen LogP) is 3.70. The van der Waals surface area contributed by atoms with Crippen molar-refractivity contribution in [3.05, 3.63) is 33.8 Å². The number of benzene rings is 1. The third kappa shape index (κ3) is 2.70. The standard InChI is InChI=1S/C7H4Cl2OS.CH4/c8-4-1-2-5(7(10)11)6(9)3-4;/h1-3H,(H,10,11);1H4. The highest BCUT2D eigenvalue weighted by atomic mass is 35.5. The molecule has 4 heteroatoms. The molecule has 0 unspecified atom stereocenters. The maximum atomic E-state index is 10.7. The number of carbonyl (C=O) groups is 1. The van der Waals surface area contributed by atoms with Crippen LogP contribution in [0.25, 0.3) is 0 Å². The fourth-order valence-electron chi connectivity index (χ4n) is 0.663. The summed E-state index contributed by atoms with van der Waals surface area (Å²) in [6.45, 7) is 0. The fraction of sp³-hybridized carbons (Fsp3) is 0.125. The van der Waals surface area contributed by atoms with Crippen LogP contribution in [0, 0.1) is 0 Å². The zero-order valence-corrected chi connectivity index (χ0v) is 7.75. The Kier molecular flexibility index (Phi) is 4.68. The quantitative estimate of drug-likeness (QED) is 0.718. The minimum absolute atomic E-state index is 0. The van der Waals surface area contributed by atoms with Gasteiger partial charge < -0.3 is 0 Å². The van der Waals surface area contributed by atoms with Gasteiger partial charge in [0.15, 0.2) is 0 Å². The van der Waals surface area contributed by atoms with Crippen LogP contribution in [0.15, 0.2) is 18.2 Å². The lowest BCUT2D eigenvalue weighted by atomic mass is 10.2. The zero-order valence-electron chi connectivity index (χ0n) is 5.34. The molecule has 0 heterocycles. The molecule has 1 aromatic rings. The van der Waals surface area contributed by atoms with Crippen LogP contribution in [0.1, 0.15) is 17.8 Å². The average molecular weight is 223 g/mol. The lowest BCUT2D eigenvalue weighted by Gasteiger charge is -1.97. The van der Waals surface area contributed by atoms with E-state index in [1.165, 1.54) is 6.07 Å². The van der Waals surface area contributed by atoms with Crippen molar-refractivity contribution < 1.29 is 4.79 Å². The molecular formula is C8H8Cl2OS. The Balaban J connectivity index is 0.00000121. The van der Waals surface area contributed by atoms with Crippen LogP contribution in [0.5, 0.6) is 0 Å². The van der Waals surface area contributed by atoms with E-state index in [0.717, 1.165) is 0 Å². The molecule has 0 aliphatic carbocycles. The Bertz CT molecular complexity index is 299. The van der Waals surface area contributed by atoms with E-state index in [2.05, 4.69) is 12.6 Å². The Morgan fingerprint density at radius 1 is 1.33 bits per heavy atom. The van der Waals surface area contributed by atoms with Crippen molar-refractivity contribution in [1.29, 1.82) is 0 Å². The summed E-state index contributed by atoms with van der Waals surface area (Å²) in [5.74, 6) is 0. The second-order valence-electron chi connectivity index (χ2n) is 1.93. The Hall–Kier alpha value is -0.180. The van der Waals surface area contributed by atoms with E-state index in [1.54, 1.807) is 12.1 Å². The van der Waals surface area contributed by atoms with Crippen molar-refractivity contribution in [3.8, 4) is 0 Å². The lowest BCUT2D eigenvalue weighted by Crippen LogP contribution is -1.88. The molecule has 66 valence electrons. The van der Waals surface area contributed by atoms with Gasteiger partial charge in [0.05, 0.1) is 5.02 Å². The average Bonchev–Trinajstić information content (AvgIpc) is 1.85. The Morgan fingerprint density at radius 3 is 2.33 bits per heavy atom. The van der Waals surface area contributed by atoms with Crippen LogP contribution in [-0.4, -0.2) is 5.12 Å². The van der Waals surface area contributed by atoms with E-state index in [0.29, 0.717) is 15.6 Å². The molecule has 0 radical (unpaired) electrons. The summed E-state index contributed by atoms with van der Waals surface area (Å²) in [6, 6.07) is 4.64. The van der Waals surface area contributed by atoms with E-state index >= 15 is 0 Å². The van der Waals surface area contributed by atoms with Crippen molar-refractivity contribution in [2.45, 2.75) is 7.43 Å². The second kappa shape index (κ2) is 4.75. The zero-order chi connectivity index (χ0) is 8.43. The van der Waals surface area contributed by atoms with E-state index in [9.17, 15) is 4.79 Å². The van der Waals surface area contributed by atoms with Crippen molar-refractivity contribution in [3.63, 3.8) is 0 Å². The van der Waals surface area contributed by atoms with Gasteiger partial charge >= 0.3 is 0 Å². The molecule has 1 nitrogen and oxygen atoms in total. The molecule has 0 aliphatic rings. The number of carbonyl (C=O) groups excluding carboxylic acids is 1. The van der Waals surface area contributed by atoms with Gasteiger partial charge in [-0.15, -0.1) is 12.6 Å². The summed E-state index contributed by atoms with van der Waals surface area (Å²) in [5.41, 5.74) is 0.374.